The van der Waals surface area contributed by atoms with Crippen LogP contribution in [0.5, 0.6) is 0 Å². The molecule has 0 aliphatic rings. The summed E-state index contributed by atoms with van der Waals surface area (Å²) in [7, 11) is -3.21. The van der Waals surface area contributed by atoms with E-state index in [9.17, 15) is 13.2 Å². The maximum absolute atomic E-state index is 12.4. The fourth-order valence-electron chi connectivity index (χ4n) is 2.40. The Bertz CT molecular complexity index is 979. The van der Waals surface area contributed by atoms with Gasteiger partial charge in [0.1, 0.15) is 5.69 Å². The second-order valence-corrected chi connectivity index (χ2v) is 7.69. The van der Waals surface area contributed by atoms with Crippen molar-refractivity contribution in [1.29, 1.82) is 0 Å². The summed E-state index contributed by atoms with van der Waals surface area (Å²) in [6.45, 7) is 0. The van der Waals surface area contributed by atoms with Crippen LogP contribution in [0.4, 0.5) is 0 Å². The normalized spacial score (nSPS) is 11.4. The van der Waals surface area contributed by atoms with Gasteiger partial charge in [-0.05, 0) is 42.3 Å². The third-order valence-corrected chi connectivity index (χ3v) is 4.88. The van der Waals surface area contributed by atoms with Gasteiger partial charge in [0.15, 0.2) is 21.4 Å². The number of pyridine rings is 1. The summed E-state index contributed by atoms with van der Waals surface area (Å²) in [5.74, 6) is 0.523. The molecule has 2 heterocycles. The van der Waals surface area contributed by atoms with E-state index in [2.05, 4.69) is 10.1 Å². The molecule has 2 aromatic heterocycles. The van der Waals surface area contributed by atoms with Crippen molar-refractivity contribution in [1.82, 2.24) is 14.8 Å². The fraction of sp³-hybridized carbons (Fsp3) is 0.167. The van der Waals surface area contributed by atoms with Crippen LogP contribution in [-0.2, 0) is 16.3 Å². The van der Waals surface area contributed by atoms with Crippen molar-refractivity contribution in [3.8, 4) is 5.82 Å². The second-order valence-electron chi connectivity index (χ2n) is 5.67. The summed E-state index contributed by atoms with van der Waals surface area (Å²) in [5, 5.41) is 4.10. The number of aryl methyl sites for hydroxylation is 1. The summed E-state index contributed by atoms with van der Waals surface area (Å²) < 4.78 is 24.5. The van der Waals surface area contributed by atoms with Crippen LogP contribution in [0.15, 0.2) is 65.8 Å². The zero-order chi connectivity index (χ0) is 17.9. The lowest BCUT2D eigenvalue weighted by molar-refractivity contribution is 0.0978. The van der Waals surface area contributed by atoms with Crippen LogP contribution in [-0.4, -0.2) is 35.2 Å². The number of carbonyl (C=O) groups excluding carboxylic acids is 1. The van der Waals surface area contributed by atoms with Gasteiger partial charge in [0.2, 0.25) is 0 Å². The number of hydrogen-bond acceptors (Lipinski definition) is 5. The van der Waals surface area contributed by atoms with Crippen LogP contribution >= 0.6 is 0 Å². The average molecular weight is 355 g/mol. The number of aromatic nitrogens is 3. The summed E-state index contributed by atoms with van der Waals surface area (Å²) in [4.78, 5) is 17.0. The molecule has 7 heteroatoms. The van der Waals surface area contributed by atoms with Crippen molar-refractivity contribution in [2.24, 2.45) is 0 Å². The van der Waals surface area contributed by atoms with Crippen molar-refractivity contribution in [2.75, 3.05) is 6.26 Å². The van der Waals surface area contributed by atoms with E-state index in [-0.39, 0.29) is 10.7 Å². The molecular formula is C18H17N3O3S. The van der Waals surface area contributed by atoms with E-state index in [4.69, 9.17) is 0 Å². The Morgan fingerprint density at radius 3 is 2.48 bits per heavy atom. The maximum Gasteiger partial charge on any atom is 0.181 e. The highest BCUT2D eigenvalue weighted by Gasteiger charge is 2.11. The topological polar surface area (TPSA) is 81.9 Å². The number of benzene rings is 1. The molecule has 0 aliphatic heterocycles. The highest BCUT2D eigenvalue weighted by atomic mass is 32.2. The molecule has 0 saturated heterocycles. The first-order valence-corrected chi connectivity index (χ1v) is 9.62. The number of ketones is 1. The SMILES string of the molecule is CS(=O)(=O)c1ccc(CCC(=O)c2cccc(-n3cccn3)n2)cc1. The van der Waals surface area contributed by atoms with Crippen molar-refractivity contribution in [2.45, 2.75) is 17.7 Å². The molecule has 128 valence electrons. The van der Waals surface area contributed by atoms with E-state index in [0.29, 0.717) is 24.4 Å². The second kappa shape index (κ2) is 6.98. The molecule has 0 fully saturated rings. The lowest BCUT2D eigenvalue weighted by Crippen LogP contribution is -2.07. The minimum Gasteiger partial charge on any atom is -0.292 e. The third kappa shape index (κ3) is 4.19. The molecule has 6 nitrogen and oxygen atoms in total. The Morgan fingerprint density at radius 2 is 1.84 bits per heavy atom. The van der Waals surface area contributed by atoms with E-state index in [0.717, 1.165) is 5.56 Å². The first-order valence-electron chi connectivity index (χ1n) is 7.73. The monoisotopic (exact) mass is 355 g/mol. The van der Waals surface area contributed by atoms with Crippen LogP contribution in [0.2, 0.25) is 0 Å². The number of sulfone groups is 1. The largest absolute Gasteiger partial charge is 0.292 e. The summed E-state index contributed by atoms with van der Waals surface area (Å²) in [6, 6.07) is 13.6. The van der Waals surface area contributed by atoms with Crippen LogP contribution in [0.3, 0.4) is 0 Å². The number of hydrogen-bond donors (Lipinski definition) is 0. The average Bonchev–Trinajstić information content (AvgIpc) is 3.14. The van der Waals surface area contributed by atoms with Gasteiger partial charge in [-0.1, -0.05) is 18.2 Å². The van der Waals surface area contributed by atoms with Crippen LogP contribution < -0.4 is 0 Å². The maximum atomic E-state index is 12.4. The predicted octanol–water partition coefficient (Wildman–Crippen LogP) is 2.49. The van der Waals surface area contributed by atoms with Crippen molar-refractivity contribution in [3.05, 3.63) is 72.2 Å². The number of carbonyl (C=O) groups is 1. The molecule has 0 spiro atoms. The summed E-state index contributed by atoms with van der Waals surface area (Å²) in [6.07, 6.45) is 5.41. The lowest BCUT2D eigenvalue weighted by Gasteiger charge is -2.05. The molecule has 0 atom stereocenters. The minimum atomic E-state index is -3.21. The first-order chi connectivity index (χ1) is 11.9. The molecular weight excluding hydrogens is 338 g/mol. The summed E-state index contributed by atoms with van der Waals surface area (Å²) in [5.41, 5.74) is 1.30. The fourth-order valence-corrected chi connectivity index (χ4v) is 3.03. The zero-order valence-electron chi connectivity index (χ0n) is 13.7. The molecule has 0 saturated carbocycles. The van der Waals surface area contributed by atoms with Gasteiger partial charge in [0.25, 0.3) is 0 Å². The molecule has 0 amide bonds. The molecule has 3 aromatic rings. The van der Waals surface area contributed by atoms with Gasteiger partial charge in [-0.3, -0.25) is 4.79 Å². The number of Topliss-reactive ketones (excluding diaryl/α,β-unsaturated/α-hetero) is 1. The van der Waals surface area contributed by atoms with Crippen LogP contribution in [0.25, 0.3) is 5.82 Å². The van der Waals surface area contributed by atoms with E-state index in [1.54, 1.807) is 65.6 Å². The number of nitrogens with zero attached hydrogens (tertiary/aromatic N) is 3. The van der Waals surface area contributed by atoms with E-state index in [1.807, 2.05) is 0 Å². The Morgan fingerprint density at radius 1 is 1.08 bits per heavy atom. The van der Waals surface area contributed by atoms with Gasteiger partial charge in [-0.2, -0.15) is 5.10 Å². The Balaban J connectivity index is 1.68. The smallest absolute Gasteiger partial charge is 0.181 e. The molecule has 0 aliphatic carbocycles. The lowest BCUT2D eigenvalue weighted by atomic mass is 10.1. The van der Waals surface area contributed by atoms with Gasteiger partial charge < -0.3 is 0 Å². The number of rotatable bonds is 6. The highest BCUT2D eigenvalue weighted by molar-refractivity contribution is 7.90. The van der Waals surface area contributed by atoms with E-state index >= 15 is 0 Å². The molecule has 0 radical (unpaired) electrons. The van der Waals surface area contributed by atoms with Gasteiger partial charge in [0, 0.05) is 25.1 Å². The van der Waals surface area contributed by atoms with Crippen LogP contribution in [0, 0.1) is 0 Å². The Hall–Kier alpha value is -2.80. The van der Waals surface area contributed by atoms with E-state index in [1.165, 1.54) is 6.26 Å². The summed E-state index contributed by atoms with van der Waals surface area (Å²) >= 11 is 0. The third-order valence-electron chi connectivity index (χ3n) is 3.75. The van der Waals surface area contributed by atoms with Crippen molar-refractivity contribution < 1.29 is 13.2 Å². The van der Waals surface area contributed by atoms with Crippen LogP contribution in [0.1, 0.15) is 22.5 Å². The van der Waals surface area contributed by atoms with E-state index < -0.39 is 9.84 Å². The van der Waals surface area contributed by atoms with Gasteiger partial charge in [0.05, 0.1) is 4.90 Å². The Kier molecular flexibility index (Phi) is 4.76. The molecule has 3 rings (SSSR count). The van der Waals surface area contributed by atoms with Gasteiger partial charge >= 0.3 is 0 Å². The minimum absolute atomic E-state index is 0.0683. The zero-order valence-corrected chi connectivity index (χ0v) is 14.5. The standard InChI is InChI=1S/C18H17N3O3S/c1-25(23,24)15-9-6-14(7-10-15)8-11-17(22)16-4-2-5-18(20-16)21-13-3-12-19-21/h2-7,9-10,12-13H,8,11H2,1H3. The molecule has 0 bridgehead atoms. The van der Waals surface area contributed by atoms with Gasteiger partial charge in [-0.15, -0.1) is 0 Å². The molecule has 1 aromatic carbocycles. The quantitative estimate of drug-likeness (QED) is 0.635. The molecule has 0 N–H and O–H groups in total. The molecule has 25 heavy (non-hydrogen) atoms. The first kappa shape index (κ1) is 17.0. The van der Waals surface area contributed by atoms with Crippen molar-refractivity contribution in [3.63, 3.8) is 0 Å². The Labute approximate surface area is 146 Å². The van der Waals surface area contributed by atoms with Gasteiger partial charge in [-0.25, -0.2) is 18.1 Å². The predicted molar refractivity (Wildman–Crippen MR) is 93.6 cm³/mol. The van der Waals surface area contributed by atoms with Crippen molar-refractivity contribution >= 4 is 15.6 Å². The highest BCUT2D eigenvalue weighted by Crippen LogP contribution is 2.13. The molecule has 0 unspecified atom stereocenters.